The number of nitrogens with zero attached hydrogens (tertiary/aromatic N) is 5. The minimum absolute atomic E-state index is 0.492. The molecule has 4 rings (SSSR count). The first-order chi connectivity index (χ1) is 12.3. The Morgan fingerprint density at radius 3 is 2.64 bits per heavy atom. The maximum Gasteiger partial charge on any atom is 0.204 e. The molecule has 0 unspecified atom stereocenters. The Kier molecular flexibility index (Phi) is 4.22. The van der Waals surface area contributed by atoms with Gasteiger partial charge in [-0.3, -0.25) is 0 Å². The fraction of sp³-hybridized carbons (Fsp3) is 0.111. The Balaban J connectivity index is 1.44. The quantitative estimate of drug-likeness (QED) is 0.592. The minimum atomic E-state index is 0.492. The molecule has 7 heteroatoms. The number of aryl methyl sites for hydroxylation is 1. The molecule has 124 valence electrons. The summed E-state index contributed by atoms with van der Waals surface area (Å²) < 4.78 is 0. The number of benzene rings is 2. The predicted molar refractivity (Wildman–Crippen MR) is 98.9 cm³/mol. The lowest BCUT2D eigenvalue weighted by Gasteiger charge is -2.02. The first-order valence-corrected chi connectivity index (χ1v) is 8.75. The van der Waals surface area contributed by atoms with Crippen LogP contribution < -0.4 is 5.32 Å². The first-order valence-electron chi connectivity index (χ1n) is 7.87. The van der Waals surface area contributed by atoms with Gasteiger partial charge in [0.1, 0.15) is 6.54 Å². The van der Waals surface area contributed by atoms with Crippen LogP contribution >= 0.6 is 11.3 Å². The van der Waals surface area contributed by atoms with E-state index in [9.17, 15) is 0 Å². The molecule has 0 bridgehead atoms. The van der Waals surface area contributed by atoms with Crippen LogP contribution in [0.1, 0.15) is 11.3 Å². The lowest BCUT2D eigenvalue weighted by atomic mass is 10.2. The molecular weight excluding hydrogens is 332 g/mol. The van der Waals surface area contributed by atoms with Gasteiger partial charge in [-0.05, 0) is 24.3 Å². The van der Waals surface area contributed by atoms with Crippen LogP contribution in [-0.2, 0) is 6.54 Å². The topological polar surface area (TPSA) is 68.5 Å². The summed E-state index contributed by atoms with van der Waals surface area (Å²) in [5, 5.41) is 18.8. The molecule has 2 aromatic heterocycles. The molecular formula is C18H16N6S. The van der Waals surface area contributed by atoms with Crippen molar-refractivity contribution in [1.29, 1.82) is 0 Å². The summed E-state index contributed by atoms with van der Waals surface area (Å²) in [5.41, 5.74) is 4.11. The van der Waals surface area contributed by atoms with Crippen LogP contribution in [0, 0.1) is 6.92 Å². The van der Waals surface area contributed by atoms with Crippen molar-refractivity contribution in [1.82, 2.24) is 25.2 Å². The van der Waals surface area contributed by atoms with Gasteiger partial charge < -0.3 is 5.32 Å². The van der Waals surface area contributed by atoms with Gasteiger partial charge in [0.05, 0.1) is 5.69 Å². The van der Waals surface area contributed by atoms with Gasteiger partial charge in [0.25, 0.3) is 0 Å². The van der Waals surface area contributed by atoms with Crippen molar-refractivity contribution in [2.75, 3.05) is 5.32 Å². The molecule has 2 aromatic carbocycles. The monoisotopic (exact) mass is 348 g/mol. The van der Waals surface area contributed by atoms with Crippen LogP contribution in [0.2, 0.25) is 0 Å². The van der Waals surface area contributed by atoms with E-state index in [1.54, 1.807) is 16.1 Å². The highest BCUT2D eigenvalue weighted by Crippen LogP contribution is 2.21. The van der Waals surface area contributed by atoms with E-state index in [1.165, 1.54) is 5.56 Å². The number of hydrogen-bond donors (Lipinski definition) is 1. The van der Waals surface area contributed by atoms with Gasteiger partial charge in [-0.25, -0.2) is 4.98 Å². The maximum absolute atomic E-state index is 4.58. The van der Waals surface area contributed by atoms with Crippen LogP contribution in [0.15, 0.2) is 60.0 Å². The molecule has 1 N–H and O–H groups in total. The Morgan fingerprint density at radius 2 is 1.84 bits per heavy atom. The van der Waals surface area contributed by atoms with Crippen LogP contribution in [0.4, 0.5) is 10.8 Å². The molecule has 4 aromatic rings. The van der Waals surface area contributed by atoms with Crippen molar-refractivity contribution in [2.45, 2.75) is 13.5 Å². The molecule has 2 heterocycles. The molecule has 0 amide bonds. The van der Waals surface area contributed by atoms with E-state index in [0.717, 1.165) is 22.1 Å². The van der Waals surface area contributed by atoms with Crippen molar-refractivity contribution in [3.05, 3.63) is 71.2 Å². The Labute approximate surface area is 149 Å². The van der Waals surface area contributed by atoms with Gasteiger partial charge in [0.15, 0.2) is 5.13 Å². The Bertz CT molecular complexity index is 959. The predicted octanol–water partition coefficient (Wildman–Crippen LogP) is 3.90. The highest BCUT2D eigenvalue weighted by Gasteiger charge is 2.08. The molecule has 0 atom stereocenters. The normalized spacial score (nSPS) is 10.8. The smallest absolute Gasteiger partial charge is 0.204 e. The largest absolute Gasteiger partial charge is 0.332 e. The Hall–Kier alpha value is -3.06. The van der Waals surface area contributed by atoms with Gasteiger partial charge in [0.2, 0.25) is 5.82 Å². The van der Waals surface area contributed by atoms with Gasteiger partial charge >= 0.3 is 0 Å². The van der Waals surface area contributed by atoms with Crippen molar-refractivity contribution in [3.63, 3.8) is 0 Å². The molecule has 6 nitrogen and oxygen atoms in total. The molecule has 0 aliphatic heterocycles. The molecule has 0 saturated carbocycles. The van der Waals surface area contributed by atoms with Crippen LogP contribution in [0.25, 0.3) is 11.4 Å². The summed E-state index contributed by atoms with van der Waals surface area (Å²) in [7, 11) is 0. The van der Waals surface area contributed by atoms with E-state index >= 15 is 0 Å². The van der Waals surface area contributed by atoms with Gasteiger partial charge in [0, 0.05) is 16.6 Å². The molecule has 0 aliphatic carbocycles. The summed E-state index contributed by atoms with van der Waals surface area (Å²) in [6.07, 6.45) is 0. The lowest BCUT2D eigenvalue weighted by molar-refractivity contribution is 0.566. The van der Waals surface area contributed by atoms with Crippen molar-refractivity contribution >= 4 is 22.2 Å². The van der Waals surface area contributed by atoms with Crippen molar-refractivity contribution in [2.24, 2.45) is 0 Å². The molecule has 25 heavy (non-hydrogen) atoms. The van der Waals surface area contributed by atoms with Gasteiger partial charge in [-0.2, -0.15) is 4.80 Å². The van der Waals surface area contributed by atoms with E-state index in [0.29, 0.717) is 12.4 Å². The SMILES string of the molecule is Cc1ccc(Nc2nc(Cn3nnc(-c4ccccc4)n3)cs2)cc1. The third kappa shape index (κ3) is 3.72. The number of thiazole rings is 1. The van der Waals surface area contributed by atoms with Crippen LogP contribution in [0.3, 0.4) is 0 Å². The molecule has 0 fully saturated rings. The zero-order chi connectivity index (χ0) is 17.1. The summed E-state index contributed by atoms with van der Waals surface area (Å²) in [6, 6.07) is 18.0. The minimum Gasteiger partial charge on any atom is -0.332 e. The van der Waals surface area contributed by atoms with E-state index in [-0.39, 0.29) is 0 Å². The number of anilines is 2. The molecule has 0 saturated heterocycles. The van der Waals surface area contributed by atoms with Crippen LogP contribution in [0.5, 0.6) is 0 Å². The first kappa shape index (κ1) is 15.5. The number of nitrogens with one attached hydrogen (secondary N) is 1. The summed E-state index contributed by atoms with van der Waals surface area (Å²) in [5.74, 6) is 0.619. The molecule has 0 spiro atoms. The van der Waals surface area contributed by atoms with Crippen molar-refractivity contribution in [3.8, 4) is 11.4 Å². The van der Waals surface area contributed by atoms with Crippen molar-refractivity contribution < 1.29 is 0 Å². The summed E-state index contributed by atoms with van der Waals surface area (Å²) in [6.45, 7) is 2.56. The third-order valence-electron chi connectivity index (χ3n) is 3.64. The van der Waals surface area contributed by atoms with E-state index < -0.39 is 0 Å². The fourth-order valence-corrected chi connectivity index (χ4v) is 3.08. The number of aromatic nitrogens is 5. The second kappa shape index (κ2) is 6.82. The number of rotatable bonds is 5. The second-order valence-corrected chi connectivity index (χ2v) is 6.50. The van der Waals surface area contributed by atoms with E-state index in [4.69, 9.17) is 0 Å². The number of hydrogen-bond acceptors (Lipinski definition) is 6. The highest BCUT2D eigenvalue weighted by molar-refractivity contribution is 7.13. The standard InChI is InChI=1S/C18H16N6S/c1-13-7-9-15(10-8-13)19-18-20-16(12-25-18)11-24-22-17(21-23-24)14-5-3-2-4-6-14/h2-10,12H,11H2,1H3,(H,19,20). The van der Waals surface area contributed by atoms with Gasteiger partial charge in [-0.15, -0.1) is 21.5 Å². The van der Waals surface area contributed by atoms with Gasteiger partial charge in [-0.1, -0.05) is 48.0 Å². The summed E-state index contributed by atoms with van der Waals surface area (Å²) >= 11 is 1.56. The third-order valence-corrected chi connectivity index (χ3v) is 4.45. The van der Waals surface area contributed by atoms with E-state index in [2.05, 4.69) is 44.8 Å². The lowest BCUT2D eigenvalue weighted by Crippen LogP contribution is -2.04. The number of tetrazole rings is 1. The maximum atomic E-state index is 4.58. The average Bonchev–Trinajstić information content (AvgIpc) is 3.28. The zero-order valence-corrected chi connectivity index (χ0v) is 14.4. The molecule has 0 radical (unpaired) electrons. The average molecular weight is 348 g/mol. The zero-order valence-electron chi connectivity index (χ0n) is 13.6. The second-order valence-electron chi connectivity index (χ2n) is 5.64. The van der Waals surface area contributed by atoms with E-state index in [1.807, 2.05) is 47.8 Å². The molecule has 0 aliphatic rings. The Morgan fingerprint density at radius 1 is 1.04 bits per heavy atom. The highest BCUT2D eigenvalue weighted by atomic mass is 32.1. The fourth-order valence-electron chi connectivity index (χ4n) is 2.36. The summed E-state index contributed by atoms with van der Waals surface area (Å²) in [4.78, 5) is 6.15. The van der Waals surface area contributed by atoms with Crippen LogP contribution in [-0.4, -0.2) is 25.2 Å².